The van der Waals surface area contributed by atoms with Crippen molar-refractivity contribution in [2.24, 2.45) is 7.05 Å². The predicted molar refractivity (Wildman–Crippen MR) is 76.5 cm³/mol. The fraction of sp³-hybridized carbons (Fsp3) is 0.267. The van der Waals surface area contributed by atoms with E-state index in [9.17, 15) is 14.7 Å². The summed E-state index contributed by atoms with van der Waals surface area (Å²) in [5.41, 5.74) is 1.50. The molecule has 1 aromatic heterocycles. The second kappa shape index (κ2) is 6.69. The fourth-order valence-electron chi connectivity index (χ4n) is 2.03. The summed E-state index contributed by atoms with van der Waals surface area (Å²) in [4.78, 5) is 23.2. The molecule has 21 heavy (non-hydrogen) atoms. The number of aliphatic carboxylic acids is 1. The van der Waals surface area contributed by atoms with E-state index in [-0.39, 0.29) is 12.3 Å². The number of rotatable bonds is 6. The normalized spacial score (nSPS) is 11.9. The van der Waals surface area contributed by atoms with E-state index in [0.717, 1.165) is 5.56 Å². The molecule has 0 fully saturated rings. The first-order valence-corrected chi connectivity index (χ1v) is 6.61. The van der Waals surface area contributed by atoms with Crippen LogP contribution in [0.3, 0.4) is 0 Å². The molecule has 1 atom stereocenters. The van der Waals surface area contributed by atoms with Gasteiger partial charge in [0.15, 0.2) is 6.04 Å². The molecule has 2 N–H and O–H groups in total. The highest BCUT2D eigenvalue weighted by atomic mass is 16.4. The highest BCUT2D eigenvalue weighted by Gasteiger charge is 2.21. The molecule has 0 spiro atoms. The minimum absolute atomic E-state index is 0.225. The number of carboxylic acid groups (broad SMARTS) is 1. The lowest BCUT2D eigenvalue weighted by atomic mass is 10.1. The lowest BCUT2D eigenvalue weighted by Crippen LogP contribution is -2.33. The van der Waals surface area contributed by atoms with Crippen molar-refractivity contribution in [2.45, 2.75) is 18.9 Å². The first kappa shape index (κ1) is 14.8. The van der Waals surface area contributed by atoms with Crippen molar-refractivity contribution in [3.8, 4) is 0 Å². The molecule has 0 unspecified atom stereocenters. The average Bonchev–Trinajstić information content (AvgIpc) is 2.89. The molecule has 2 aromatic rings. The molecular formula is C15H17N3O3. The standard InChI is InChI=1S/C15H17N3O3/c1-18-10-11(9-16-18)7-8-13(19)17-14(15(20)21)12-5-3-2-4-6-12/h2-6,9-10,14H,7-8H2,1H3,(H,17,19)(H,20,21)/t14-/m0/s1. The van der Waals surface area contributed by atoms with Gasteiger partial charge >= 0.3 is 5.97 Å². The van der Waals surface area contributed by atoms with Crippen molar-refractivity contribution in [1.29, 1.82) is 0 Å². The Morgan fingerprint density at radius 2 is 2.05 bits per heavy atom. The molecule has 1 aromatic carbocycles. The first-order valence-electron chi connectivity index (χ1n) is 6.61. The summed E-state index contributed by atoms with van der Waals surface area (Å²) in [5.74, 6) is -1.37. The van der Waals surface area contributed by atoms with Gasteiger partial charge in [0.2, 0.25) is 5.91 Å². The van der Waals surface area contributed by atoms with Gasteiger partial charge in [-0.2, -0.15) is 5.10 Å². The van der Waals surface area contributed by atoms with Crippen LogP contribution in [0.2, 0.25) is 0 Å². The van der Waals surface area contributed by atoms with Crippen LogP contribution in [0, 0.1) is 0 Å². The zero-order valence-electron chi connectivity index (χ0n) is 11.7. The number of carbonyl (C=O) groups is 2. The maximum Gasteiger partial charge on any atom is 0.330 e. The van der Waals surface area contributed by atoms with Gasteiger partial charge in [-0.3, -0.25) is 9.48 Å². The molecular weight excluding hydrogens is 270 g/mol. The molecule has 0 aliphatic carbocycles. The minimum Gasteiger partial charge on any atom is -0.479 e. The second-order valence-corrected chi connectivity index (χ2v) is 4.77. The molecule has 0 bridgehead atoms. The summed E-state index contributed by atoms with van der Waals surface area (Å²) < 4.78 is 1.66. The Morgan fingerprint density at radius 1 is 1.33 bits per heavy atom. The minimum atomic E-state index is -1.07. The summed E-state index contributed by atoms with van der Waals surface area (Å²) in [7, 11) is 1.80. The van der Waals surface area contributed by atoms with Crippen molar-refractivity contribution in [2.75, 3.05) is 0 Å². The maximum absolute atomic E-state index is 11.9. The second-order valence-electron chi connectivity index (χ2n) is 4.77. The van der Waals surface area contributed by atoms with Crippen LogP contribution in [-0.2, 0) is 23.1 Å². The monoisotopic (exact) mass is 287 g/mol. The maximum atomic E-state index is 11.9. The van der Waals surface area contributed by atoms with Crippen LogP contribution < -0.4 is 5.32 Å². The van der Waals surface area contributed by atoms with E-state index in [4.69, 9.17) is 0 Å². The Labute approximate surface area is 122 Å². The Bertz CT molecular complexity index is 622. The molecule has 1 amide bonds. The van der Waals surface area contributed by atoms with Crippen molar-refractivity contribution in [3.05, 3.63) is 53.9 Å². The first-order chi connectivity index (χ1) is 10.1. The summed E-state index contributed by atoms with van der Waals surface area (Å²) in [5, 5.41) is 15.8. The van der Waals surface area contributed by atoms with Crippen LogP contribution in [0.5, 0.6) is 0 Å². The van der Waals surface area contributed by atoms with E-state index in [0.29, 0.717) is 12.0 Å². The van der Waals surface area contributed by atoms with E-state index in [1.165, 1.54) is 0 Å². The average molecular weight is 287 g/mol. The number of nitrogens with one attached hydrogen (secondary N) is 1. The Balaban J connectivity index is 1.94. The number of carboxylic acids is 1. The highest BCUT2D eigenvalue weighted by molar-refractivity contribution is 5.84. The third kappa shape index (κ3) is 4.17. The predicted octanol–water partition coefficient (Wildman–Crippen LogP) is 1.29. The lowest BCUT2D eigenvalue weighted by Gasteiger charge is -2.14. The quantitative estimate of drug-likeness (QED) is 0.838. The third-order valence-corrected chi connectivity index (χ3v) is 3.08. The summed E-state index contributed by atoms with van der Waals surface area (Å²) in [6.07, 6.45) is 4.28. The number of benzene rings is 1. The third-order valence-electron chi connectivity index (χ3n) is 3.08. The molecule has 1 heterocycles. The topological polar surface area (TPSA) is 84.2 Å². The zero-order valence-corrected chi connectivity index (χ0v) is 11.7. The van der Waals surface area contributed by atoms with E-state index in [2.05, 4.69) is 10.4 Å². The molecule has 0 aliphatic heterocycles. The van der Waals surface area contributed by atoms with E-state index >= 15 is 0 Å². The van der Waals surface area contributed by atoms with Crippen LogP contribution in [0.15, 0.2) is 42.7 Å². The SMILES string of the molecule is Cn1cc(CCC(=O)N[C@H](C(=O)O)c2ccccc2)cn1. The fourth-order valence-corrected chi connectivity index (χ4v) is 2.03. The van der Waals surface area contributed by atoms with Crippen LogP contribution in [-0.4, -0.2) is 26.8 Å². The van der Waals surface area contributed by atoms with Gasteiger partial charge in [0.25, 0.3) is 0 Å². The molecule has 0 aliphatic rings. The highest BCUT2D eigenvalue weighted by Crippen LogP contribution is 2.13. The lowest BCUT2D eigenvalue weighted by molar-refractivity contribution is -0.142. The van der Waals surface area contributed by atoms with Gasteiger partial charge in [-0.1, -0.05) is 30.3 Å². The summed E-state index contributed by atoms with van der Waals surface area (Å²) in [6, 6.07) is 7.63. The molecule has 6 heteroatoms. The van der Waals surface area contributed by atoms with Crippen LogP contribution in [0.4, 0.5) is 0 Å². The van der Waals surface area contributed by atoms with E-state index < -0.39 is 12.0 Å². The molecule has 6 nitrogen and oxygen atoms in total. The summed E-state index contributed by atoms with van der Waals surface area (Å²) in [6.45, 7) is 0. The van der Waals surface area contributed by atoms with Crippen molar-refractivity contribution < 1.29 is 14.7 Å². The summed E-state index contributed by atoms with van der Waals surface area (Å²) >= 11 is 0. The Morgan fingerprint density at radius 3 is 2.62 bits per heavy atom. The van der Waals surface area contributed by atoms with Gasteiger partial charge in [0.05, 0.1) is 6.20 Å². The zero-order chi connectivity index (χ0) is 15.2. The number of carbonyl (C=O) groups excluding carboxylic acids is 1. The van der Waals surface area contributed by atoms with Crippen LogP contribution in [0.1, 0.15) is 23.6 Å². The number of aryl methyl sites for hydroxylation is 2. The number of hydrogen-bond donors (Lipinski definition) is 2. The van der Waals surface area contributed by atoms with Crippen LogP contribution >= 0.6 is 0 Å². The Kier molecular flexibility index (Phi) is 4.71. The van der Waals surface area contributed by atoms with Gasteiger partial charge in [-0.15, -0.1) is 0 Å². The van der Waals surface area contributed by atoms with Crippen molar-refractivity contribution in [3.63, 3.8) is 0 Å². The largest absolute Gasteiger partial charge is 0.479 e. The van der Waals surface area contributed by atoms with Gasteiger partial charge in [0.1, 0.15) is 0 Å². The van der Waals surface area contributed by atoms with Gasteiger partial charge in [-0.25, -0.2) is 4.79 Å². The number of amides is 1. The molecule has 0 radical (unpaired) electrons. The van der Waals surface area contributed by atoms with E-state index in [1.807, 2.05) is 6.20 Å². The van der Waals surface area contributed by atoms with Gasteiger partial charge in [-0.05, 0) is 17.5 Å². The number of hydrogen-bond acceptors (Lipinski definition) is 3. The van der Waals surface area contributed by atoms with E-state index in [1.54, 1.807) is 48.3 Å². The molecule has 2 rings (SSSR count). The Hall–Kier alpha value is -2.63. The van der Waals surface area contributed by atoms with Crippen molar-refractivity contribution >= 4 is 11.9 Å². The molecule has 110 valence electrons. The van der Waals surface area contributed by atoms with Gasteiger partial charge < -0.3 is 10.4 Å². The smallest absolute Gasteiger partial charge is 0.330 e. The van der Waals surface area contributed by atoms with Crippen LogP contribution in [0.25, 0.3) is 0 Å². The number of aromatic nitrogens is 2. The molecule has 0 saturated carbocycles. The van der Waals surface area contributed by atoms with Crippen molar-refractivity contribution in [1.82, 2.24) is 15.1 Å². The molecule has 0 saturated heterocycles. The van der Waals surface area contributed by atoms with Gasteiger partial charge in [0, 0.05) is 19.7 Å². The number of nitrogens with zero attached hydrogens (tertiary/aromatic N) is 2.